The van der Waals surface area contributed by atoms with Crippen molar-refractivity contribution < 1.29 is 27.8 Å². The predicted octanol–water partition coefficient (Wildman–Crippen LogP) is 5.94. The smallest absolute Gasteiger partial charge is 0.342 e. The molecule has 1 heterocycles. The Morgan fingerprint density at radius 2 is 1.76 bits per heavy atom. The van der Waals surface area contributed by atoms with Crippen LogP contribution in [0.1, 0.15) is 65.2 Å². The number of rotatable bonds is 7. The molecule has 1 saturated carbocycles. The van der Waals surface area contributed by atoms with Gasteiger partial charge in [0.05, 0.1) is 18.4 Å². The average Bonchev–Trinajstić information content (AvgIpc) is 2.74. The first-order chi connectivity index (χ1) is 14.0. The summed E-state index contributed by atoms with van der Waals surface area (Å²) in [5, 5.41) is 0. The van der Waals surface area contributed by atoms with E-state index in [2.05, 4.69) is 6.92 Å². The number of halogens is 2. The Bertz CT molecular complexity index is 739. The van der Waals surface area contributed by atoms with E-state index >= 15 is 0 Å². The van der Waals surface area contributed by atoms with Crippen molar-refractivity contribution in [3.05, 3.63) is 35.6 Å². The summed E-state index contributed by atoms with van der Waals surface area (Å²) in [5.74, 6) is -2.40. The first kappa shape index (κ1) is 21.6. The summed E-state index contributed by atoms with van der Waals surface area (Å²) in [6, 6.07) is 2.45. The largest absolute Gasteiger partial charge is 0.497 e. The SMILES string of the molecule is CCCC1CCC(C2CCC(C(=O)Oc3ccc(OCC)c(F)c3F)=CO2)CC1. The first-order valence-corrected chi connectivity index (χ1v) is 10.7. The molecule has 1 aliphatic carbocycles. The van der Waals surface area contributed by atoms with Gasteiger partial charge in [0.15, 0.2) is 11.5 Å². The standard InChI is InChI=1S/C23H30F2O4/c1-3-5-15-6-8-16(9-7-15)18-11-10-17(14-28-18)23(26)29-20-13-12-19(27-4-2)21(24)22(20)25/h12-16,18H,3-11H2,1-2H3. The van der Waals surface area contributed by atoms with Crippen molar-refractivity contribution in [1.29, 1.82) is 0 Å². The number of carbonyl (C=O) groups is 1. The highest BCUT2D eigenvalue weighted by atomic mass is 19.2. The molecule has 1 atom stereocenters. The van der Waals surface area contributed by atoms with Crippen molar-refractivity contribution in [3.63, 3.8) is 0 Å². The lowest BCUT2D eigenvalue weighted by molar-refractivity contribution is -0.131. The molecule has 4 nitrogen and oxygen atoms in total. The summed E-state index contributed by atoms with van der Waals surface area (Å²) in [7, 11) is 0. The average molecular weight is 408 g/mol. The zero-order chi connectivity index (χ0) is 20.8. The normalized spacial score (nSPS) is 24.4. The van der Waals surface area contributed by atoms with Gasteiger partial charge in [-0.2, -0.15) is 8.78 Å². The van der Waals surface area contributed by atoms with E-state index < -0.39 is 23.4 Å². The minimum Gasteiger partial charge on any atom is -0.497 e. The quantitative estimate of drug-likeness (QED) is 0.414. The fraction of sp³-hybridized carbons (Fsp3) is 0.609. The highest BCUT2D eigenvalue weighted by Gasteiger charge is 2.31. The molecule has 1 fully saturated rings. The first-order valence-electron chi connectivity index (χ1n) is 10.7. The Labute approximate surface area is 171 Å². The molecule has 1 aromatic rings. The molecule has 0 saturated heterocycles. The lowest BCUT2D eigenvalue weighted by atomic mass is 9.76. The van der Waals surface area contributed by atoms with Crippen molar-refractivity contribution >= 4 is 5.97 Å². The van der Waals surface area contributed by atoms with E-state index in [1.54, 1.807) is 6.92 Å². The fourth-order valence-electron chi connectivity index (χ4n) is 4.37. The van der Waals surface area contributed by atoms with Gasteiger partial charge in [0.1, 0.15) is 6.10 Å². The highest BCUT2D eigenvalue weighted by Crippen LogP contribution is 2.37. The van der Waals surface area contributed by atoms with E-state index in [4.69, 9.17) is 14.2 Å². The van der Waals surface area contributed by atoms with Crippen molar-refractivity contribution in [2.45, 2.75) is 71.3 Å². The van der Waals surface area contributed by atoms with Crippen LogP contribution in [0.4, 0.5) is 8.78 Å². The number of ether oxygens (including phenoxy) is 3. The van der Waals surface area contributed by atoms with Crippen LogP contribution in [-0.4, -0.2) is 18.7 Å². The monoisotopic (exact) mass is 408 g/mol. The number of carbonyl (C=O) groups excluding carboxylic acids is 1. The molecule has 1 unspecified atom stereocenters. The van der Waals surface area contributed by atoms with Crippen LogP contribution in [0.5, 0.6) is 11.5 Å². The zero-order valence-electron chi connectivity index (χ0n) is 17.2. The second kappa shape index (κ2) is 10.1. The van der Waals surface area contributed by atoms with Crippen molar-refractivity contribution in [1.82, 2.24) is 0 Å². The summed E-state index contributed by atoms with van der Waals surface area (Å²) >= 11 is 0. The Balaban J connectivity index is 1.55. The van der Waals surface area contributed by atoms with Crippen LogP contribution in [0.15, 0.2) is 24.0 Å². The summed E-state index contributed by atoms with van der Waals surface area (Å²) in [6.45, 7) is 4.11. The van der Waals surface area contributed by atoms with Crippen LogP contribution in [0.25, 0.3) is 0 Å². The van der Waals surface area contributed by atoms with E-state index in [1.807, 2.05) is 0 Å². The molecule has 3 rings (SSSR count). The van der Waals surface area contributed by atoms with Crippen LogP contribution < -0.4 is 9.47 Å². The third-order valence-electron chi connectivity index (χ3n) is 5.97. The topological polar surface area (TPSA) is 44.8 Å². The van der Waals surface area contributed by atoms with Gasteiger partial charge in [-0.1, -0.05) is 32.6 Å². The summed E-state index contributed by atoms with van der Waals surface area (Å²) in [5.41, 5.74) is 0.342. The van der Waals surface area contributed by atoms with E-state index in [0.29, 0.717) is 17.9 Å². The van der Waals surface area contributed by atoms with Gasteiger partial charge >= 0.3 is 5.97 Å². The number of benzene rings is 1. The maximum absolute atomic E-state index is 14.1. The minimum atomic E-state index is -1.23. The second-order valence-corrected chi connectivity index (χ2v) is 7.94. The van der Waals surface area contributed by atoms with Crippen molar-refractivity contribution in [2.75, 3.05) is 6.61 Å². The molecule has 0 amide bonds. The maximum Gasteiger partial charge on any atom is 0.342 e. The molecule has 29 heavy (non-hydrogen) atoms. The Morgan fingerprint density at radius 3 is 2.38 bits per heavy atom. The van der Waals surface area contributed by atoms with Gasteiger partial charge in [0.25, 0.3) is 0 Å². The predicted molar refractivity (Wildman–Crippen MR) is 106 cm³/mol. The van der Waals surface area contributed by atoms with E-state index in [1.165, 1.54) is 56.9 Å². The third kappa shape index (κ3) is 5.28. The Morgan fingerprint density at radius 1 is 1.07 bits per heavy atom. The summed E-state index contributed by atoms with van der Waals surface area (Å²) in [4.78, 5) is 12.3. The van der Waals surface area contributed by atoms with Gasteiger partial charge in [-0.15, -0.1) is 0 Å². The van der Waals surface area contributed by atoms with Crippen LogP contribution in [-0.2, 0) is 9.53 Å². The lowest BCUT2D eigenvalue weighted by Gasteiger charge is -2.35. The molecule has 2 aliphatic rings. The summed E-state index contributed by atoms with van der Waals surface area (Å²) < 4.78 is 44.0. The zero-order valence-corrected chi connectivity index (χ0v) is 17.2. The van der Waals surface area contributed by atoms with Gasteiger partial charge in [-0.25, -0.2) is 4.79 Å². The van der Waals surface area contributed by atoms with E-state index in [-0.39, 0.29) is 18.5 Å². The van der Waals surface area contributed by atoms with Crippen LogP contribution >= 0.6 is 0 Å². The molecule has 0 spiro atoms. The van der Waals surface area contributed by atoms with Gasteiger partial charge in [-0.05, 0) is 56.6 Å². The minimum absolute atomic E-state index is 0.119. The van der Waals surface area contributed by atoms with E-state index in [9.17, 15) is 13.6 Å². The number of hydrogen-bond acceptors (Lipinski definition) is 4. The van der Waals surface area contributed by atoms with Crippen LogP contribution in [0.2, 0.25) is 0 Å². The van der Waals surface area contributed by atoms with Crippen LogP contribution in [0.3, 0.4) is 0 Å². The molecule has 0 bridgehead atoms. The van der Waals surface area contributed by atoms with Crippen LogP contribution in [0, 0.1) is 23.5 Å². The van der Waals surface area contributed by atoms with Crippen molar-refractivity contribution in [3.8, 4) is 11.5 Å². The molecular weight excluding hydrogens is 378 g/mol. The highest BCUT2D eigenvalue weighted by molar-refractivity contribution is 5.90. The molecule has 0 radical (unpaired) electrons. The molecule has 0 N–H and O–H groups in total. The Kier molecular flexibility index (Phi) is 7.51. The third-order valence-corrected chi connectivity index (χ3v) is 5.97. The fourth-order valence-corrected chi connectivity index (χ4v) is 4.37. The molecule has 0 aromatic heterocycles. The van der Waals surface area contributed by atoms with Gasteiger partial charge < -0.3 is 14.2 Å². The molecular formula is C23H30F2O4. The maximum atomic E-state index is 14.1. The molecule has 160 valence electrons. The number of esters is 1. The van der Waals surface area contributed by atoms with Gasteiger partial charge in [0, 0.05) is 0 Å². The number of hydrogen-bond donors (Lipinski definition) is 0. The lowest BCUT2D eigenvalue weighted by Crippen LogP contribution is -2.30. The molecule has 6 heteroatoms. The second-order valence-electron chi connectivity index (χ2n) is 7.94. The summed E-state index contributed by atoms with van der Waals surface area (Å²) in [6.07, 6.45) is 10.2. The van der Waals surface area contributed by atoms with E-state index in [0.717, 1.165) is 12.3 Å². The van der Waals surface area contributed by atoms with Gasteiger partial charge in [0.2, 0.25) is 11.6 Å². The Hall–Kier alpha value is -2.11. The van der Waals surface area contributed by atoms with Crippen molar-refractivity contribution in [2.24, 2.45) is 11.8 Å². The molecule has 1 aromatic carbocycles. The van der Waals surface area contributed by atoms with Gasteiger partial charge in [-0.3, -0.25) is 0 Å². The molecule has 1 aliphatic heterocycles.